The SMILES string of the molecule is CCCCC(CC)COC(=O)CI. The van der Waals surface area contributed by atoms with E-state index in [9.17, 15) is 4.79 Å². The first-order valence-corrected chi connectivity index (χ1v) is 6.48. The first-order chi connectivity index (χ1) is 6.24. The molecule has 13 heavy (non-hydrogen) atoms. The molecule has 0 aromatic carbocycles. The van der Waals surface area contributed by atoms with Crippen LogP contribution < -0.4 is 0 Å². The first kappa shape index (κ1) is 13.2. The molecule has 1 atom stereocenters. The van der Waals surface area contributed by atoms with Crippen LogP contribution in [0.3, 0.4) is 0 Å². The minimum absolute atomic E-state index is 0.0875. The van der Waals surface area contributed by atoms with Crippen LogP contribution in [-0.2, 0) is 9.53 Å². The highest BCUT2D eigenvalue weighted by atomic mass is 127. The van der Waals surface area contributed by atoms with Crippen molar-refractivity contribution in [2.75, 3.05) is 11.0 Å². The molecule has 0 saturated carbocycles. The van der Waals surface area contributed by atoms with Crippen molar-refractivity contribution in [1.29, 1.82) is 0 Å². The lowest BCUT2D eigenvalue weighted by molar-refractivity contribution is -0.141. The average Bonchev–Trinajstić information content (AvgIpc) is 2.17. The lowest BCUT2D eigenvalue weighted by Crippen LogP contribution is -2.14. The molecule has 0 aromatic heterocycles. The monoisotopic (exact) mass is 298 g/mol. The van der Waals surface area contributed by atoms with Crippen LogP contribution >= 0.6 is 22.6 Å². The molecule has 0 amide bonds. The van der Waals surface area contributed by atoms with Gasteiger partial charge in [0.05, 0.1) is 11.0 Å². The number of alkyl halides is 1. The fraction of sp³-hybridized carbons (Fsp3) is 0.900. The number of halogens is 1. The van der Waals surface area contributed by atoms with Crippen molar-refractivity contribution >= 4 is 28.6 Å². The smallest absolute Gasteiger partial charge is 0.315 e. The van der Waals surface area contributed by atoms with Gasteiger partial charge in [-0.25, -0.2) is 0 Å². The summed E-state index contributed by atoms with van der Waals surface area (Å²) in [6.45, 7) is 4.94. The van der Waals surface area contributed by atoms with Gasteiger partial charge in [-0.1, -0.05) is 55.7 Å². The molecule has 0 N–H and O–H groups in total. The molecule has 0 aliphatic carbocycles. The standard InChI is InChI=1S/C10H19IO2/c1-3-5-6-9(4-2)8-13-10(12)7-11/h9H,3-8H2,1-2H3. The van der Waals surface area contributed by atoms with Crippen molar-refractivity contribution in [1.82, 2.24) is 0 Å². The second-order valence-electron chi connectivity index (χ2n) is 3.23. The van der Waals surface area contributed by atoms with Gasteiger partial charge in [-0.2, -0.15) is 0 Å². The summed E-state index contributed by atoms with van der Waals surface area (Å²) >= 11 is 2.03. The van der Waals surface area contributed by atoms with Crippen molar-refractivity contribution in [3.05, 3.63) is 0 Å². The van der Waals surface area contributed by atoms with Crippen LogP contribution in [0.5, 0.6) is 0 Å². The van der Waals surface area contributed by atoms with E-state index < -0.39 is 0 Å². The Labute approximate surface area is 94.6 Å². The second-order valence-corrected chi connectivity index (χ2v) is 4.00. The Kier molecular flexibility index (Phi) is 8.92. The molecule has 0 fully saturated rings. The van der Waals surface area contributed by atoms with Crippen molar-refractivity contribution in [2.24, 2.45) is 5.92 Å². The minimum Gasteiger partial charge on any atom is -0.465 e. The Morgan fingerprint density at radius 2 is 2.15 bits per heavy atom. The average molecular weight is 298 g/mol. The van der Waals surface area contributed by atoms with Crippen LogP contribution in [0.1, 0.15) is 39.5 Å². The van der Waals surface area contributed by atoms with Crippen molar-refractivity contribution < 1.29 is 9.53 Å². The summed E-state index contributed by atoms with van der Waals surface area (Å²) in [4.78, 5) is 10.9. The highest BCUT2D eigenvalue weighted by Gasteiger charge is 2.08. The van der Waals surface area contributed by atoms with Gasteiger partial charge in [0, 0.05) is 0 Å². The number of carbonyl (C=O) groups is 1. The molecule has 0 saturated heterocycles. The number of rotatable bonds is 7. The lowest BCUT2D eigenvalue weighted by Gasteiger charge is -2.13. The summed E-state index contributed by atoms with van der Waals surface area (Å²) in [5.41, 5.74) is 0. The highest BCUT2D eigenvalue weighted by molar-refractivity contribution is 14.1. The Hall–Kier alpha value is 0.200. The molecule has 0 aliphatic rings. The van der Waals surface area contributed by atoms with E-state index in [0.29, 0.717) is 17.0 Å². The zero-order chi connectivity index (χ0) is 10.1. The van der Waals surface area contributed by atoms with Crippen LogP contribution in [0.2, 0.25) is 0 Å². The van der Waals surface area contributed by atoms with E-state index in [0.717, 1.165) is 6.42 Å². The first-order valence-electron chi connectivity index (χ1n) is 4.96. The van der Waals surface area contributed by atoms with Crippen molar-refractivity contribution in [2.45, 2.75) is 39.5 Å². The summed E-state index contributed by atoms with van der Waals surface area (Å²) < 4.78 is 5.56. The molecule has 78 valence electrons. The third-order valence-electron chi connectivity index (χ3n) is 2.13. The third kappa shape index (κ3) is 7.28. The van der Waals surface area contributed by atoms with E-state index >= 15 is 0 Å². The van der Waals surface area contributed by atoms with Gasteiger partial charge >= 0.3 is 5.97 Å². The zero-order valence-corrected chi connectivity index (χ0v) is 10.7. The number of hydrogen-bond donors (Lipinski definition) is 0. The Balaban J connectivity index is 3.52. The van der Waals surface area contributed by atoms with E-state index in [1.165, 1.54) is 19.3 Å². The summed E-state index contributed by atoms with van der Waals surface area (Å²) in [6, 6.07) is 0. The minimum atomic E-state index is -0.0875. The molecule has 0 rings (SSSR count). The maximum Gasteiger partial charge on any atom is 0.315 e. The predicted octanol–water partition coefficient (Wildman–Crippen LogP) is 3.18. The molecule has 0 radical (unpaired) electrons. The predicted molar refractivity (Wildman–Crippen MR) is 63.2 cm³/mol. The Morgan fingerprint density at radius 3 is 2.62 bits per heavy atom. The second kappa shape index (κ2) is 8.78. The Morgan fingerprint density at radius 1 is 1.46 bits per heavy atom. The summed E-state index contributed by atoms with van der Waals surface area (Å²) in [5.74, 6) is 0.474. The van der Waals surface area contributed by atoms with Gasteiger partial charge in [-0.15, -0.1) is 0 Å². The lowest BCUT2D eigenvalue weighted by atomic mass is 10.0. The maximum absolute atomic E-state index is 10.9. The zero-order valence-electron chi connectivity index (χ0n) is 8.51. The van der Waals surface area contributed by atoms with Crippen LogP contribution in [-0.4, -0.2) is 17.0 Å². The number of unbranched alkanes of at least 4 members (excludes halogenated alkanes) is 1. The van der Waals surface area contributed by atoms with Crippen LogP contribution in [0, 0.1) is 5.92 Å². The van der Waals surface area contributed by atoms with E-state index in [2.05, 4.69) is 13.8 Å². The van der Waals surface area contributed by atoms with Crippen molar-refractivity contribution in [3.8, 4) is 0 Å². The third-order valence-corrected chi connectivity index (χ3v) is 2.76. The fourth-order valence-corrected chi connectivity index (χ4v) is 1.37. The molecule has 0 bridgehead atoms. The molecule has 2 nitrogen and oxygen atoms in total. The molecule has 1 unspecified atom stereocenters. The molecule has 0 spiro atoms. The normalized spacial score (nSPS) is 12.5. The molecular formula is C10H19IO2. The van der Waals surface area contributed by atoms with E-state index in [1.807, 2.05) is 22.6 Å². The van der Waals surface area contributed by atoms with E-state index in [4.69, 9.17) is 4.74 Å². The van der Waals surface area contributed by atoms with Gasteiger partial charge in [0.15, 0.2) is 0 Å². The van der Waals surface area contributed by atoms with Crippen molar-refractivity contribution in [3.63, 3.8) is 0 Å². The number of esters is 1. The van der Waals surface area contributed by atoms with Gasteiger partial charge < -0.3 is 4.74 Å². The topological polar surface area (TPSA) is 26.3 Å². The molecule has 0 heterocycles. The summed E-state index contributed by atoms with van der Waals surface area (Å²) in [6.07, 6.45) is 4.74. The quantitative estimate of drug-likeness (QED) is 0.410. The number of carbonyl (C=O) groups excluding carboxylic acids is 1. The summed E-state index contributed by atoms with van der Waals surface area (Å²) in [5, 5.41) is 0. The Bertz CT molecular complexity index is 137. The van der Waals surface area contributed by atoms with Crippen LogP contribution in [0.15, 0.2) is 0 Å². The molecule has 0 aliphatic heterocycles. The van der Waals surface area contributed by atoms with Gasteiger partial charge in [0.25, 0.3) is 0 Å². The summed E-state index contributed by atoms with van der Waals surface area (Å²) in [7, 11) is 0. The van der Waals surface area contributed by atoms with E-state index in [-0.39, 0.29) is 5.97 Å². The number of hydrogen-bond acceptors (Lipinski definition) is 2. The number of ether oxygens (including phenoxy) is 1. The molecule has 0 aromatic rings. The van der Waals surface area contributed by atoms with Crippen LogP contribution in [0.25, 0.3) is 0 Å². The highest BCUT2D eigenvalue weighted by Crippen LogP contribution is 2.12. The fourth-order valence-electron chi connectivity index (χ4n) is 1.15. The van der Waals surface area contributed by atoms with Gasteiger partial charge in [-0.05, 0) is 12.3 Å². The maximum atomic E-state index is 10.9. The van der Waals surface area contributed by atoms with Gasteiger partial charge in [0.2, 0.25) is 0 Å². The van der Waals surface area contributed by atoms with Crippen LogP contribution in [0.4, 0.5) is 0 Å². The molecule has 3 heteroatoms. The largest absolute Gasteiger partial charge is 0.465 e. The molecular weight excluding hydrogens is 279 g/mol. The van der Waals surface area contributed by atoms with Gasteiger partial charge in [-0.3, -0.25) is 4.79 Å². The van der Waals surface area contributed by atoms with Gasteiger partial charge in [0.1, 0.15) is 0 Å². The van der Waals surface area contributed by atoms with E-state index in [1.54, 1.807) is 0 Å².